The van der Waals surface area contributed by atoms with Crippen LogP contribution in [0.2, 0.25) is 0 Å². The third-order valence-electron chi connectivity index (χ3n) is 3.84. The van der Waals surface area contributed by atoms with Crippen LogP contribution < -0.4 is 11.3 Å². The maximum atomic E-state index is 5.67. The third kappa shape index (κ3) is 2.37. The number of nitrogens with one attached hydrogen (secondary N) is 1. The molecule has 2 unspecified atom stereocenters. The molecular formula is C15H18N4. The van der Waals surface area contributed by atoms with Crippen molar-refractivity contribution in [2.75, 3.05) is 0 Å². The summed E-state index contributed by atoms with van der Waals surface area (Å²) in [5.74, 6) is 6.24. The van der Waals surface area contributed by atoms with Gasteiger partial charge in [0.2, 0.25) is 0 Å². The summed E-state index contributed by atoms with van der Waals surface area (Å²) >= 11 is 0. The molecule has 1 aliphatic rings. The van der Waals surface area contributed by atoms with Gasteiger partial charge in [0.05, 0.1) is 23.6 Å². The predicted octanol–water partition coefficient (Wildman–Crippen LogP) is 2.02. The molecule has 0 amide bonds. The summed E-state index contributed by atoms with van der Waals surface area (Å²) in [6, 6.07) is 8.66. The molecule has 3 rings (SSSR count). The Morgan fingerprint density at radius 1 is 1.32 bits per heavy atom. The Kier molecular flexibility index (Phi) is 3.27. The maximum absolute atomic E-state index is 5.67. The smallest absolute Gasteiger partial charge is 0.0770 e. The van der Waals surface area contributed by atoms with Crippen LogP contribution >= 0.6 is 0 Å². The van der Waals surface area contributed by atoms with Crippen molar-refractivity contribution >= 4 is 0 Å². The van der Waals surface area contributed by atoms with E-state index in [1.54, 1.807) is 6.20 Å². The second-order valence-electron chi connectivity index (χ2n) is 5.14. The van der Waals surface area contributed by atoms with Crippen LogP contribution in [0, 0.1) is 6.92 Å². The Hall–Kier alpha value is -1.78. The SMILES string of the molecule is Cc1cnc(C(CC2Cc3ccccc32)NN)cn1. The summed E-state index contributed by atoms with van der Waals surface area (Å²) in [5.41, 5.74) is 7.61. The molecule has 1 heterocycles. The van der Waals surface area contributed by atoms with Gasteiger partial charge in [-0.15, -0.1) is 0 Å². The lowest BCUT2D eigenvalue weighted by Gasteiger charge is -2.32. The van der Waals surface area contributed by atoms with Crippen molar-refractivity contribution in [3.05, 3.63) is 59.2 Å². The molecule has 0 saturated carbocycles. The fourth-order valence-electron chi connectivity index (χ4n) is 2.71. The summed E-state index contributed by atoms with van der Waals surface area (Å²) in [5, 5.41) is 0. The molecule has 19 heavy (non-hydrogen) atoms. The second-order valence-corrected chi connectivity index (χ2v) is 5.14. The monoisotopic (exact) mass is 254 g/mol. The number of aryl methyl sites for hydroxylation is 1. The average Bonchev–Trinajstić information content (AvgIpc) is 2.42. The van der Waals surface area contributed by atoms with Gasteiger partial charge in [0.15, 0.2) is 0 Å². The van der Waals surface area contributed by atoms with Crippen LogP contribution in [0.1, 0.15) is 40.9 Å². The van der Waals surface area contributed by atoms with Crippen LogP contribution in [0.3, 0.4) is 0 Å². The predicted molar refractivity (Wildman–Crippen MR) is 74.3 cm³/mol. The Balaban J connectivity index is 1.73. The molecule has 0 saturated heterocycles. The lowest BCUT2D eigenvalue weighted by atomic mass is 9.74. The highest BCUT2D eigenvalue weighted by Crippen LogP contribution is 2.40. The molecule has 4 nitrogen and oxygen atoms in total. The number of nitrogens with zero attached hydrogens (tertiary/aromatic N) is 2. The zero-order chi connectivity index (χ0) is 13.2. The zero-order valence-corrected chi connectivity index (χ0v) is 11.0. The number of rotatable bonds is 4. The van der Waals surface area contributed by atoms with Crippen LogP contribution in [-0.2, 0) is 6.42 Å². The summed E-state index contributed by atoms with van der Waals surface area (Å²) in [7, 11) is 0. The van der Waals surface area contributed by atoms with Crippen molar-refractivity contribution in [3.8, 4) is 0 Å². The van der Waals surface area contributed by atoms with Crippen LogP contribution in [0.25, 0.3) is 0 Å². The highest BCUT2D eigenvalue weighted by Gasteiger charge is 2.28. The minimum absolute atomic E-state index is 0.0615. The fraction of sp³-hybridized carbons (Fsp3) is 0.333. The number of aromatic nitrogens is 2. The van der Waals surface area contributed by atoms with Crippen molar-refractivity contribution in [1.82, 2.24) is 15.4 Å². The number of hydrogen-bond donors (Lipinski definition) is 2. The lowest BCUT2D eigenvalue weighted by molar-refractivity contribution is 0.427. The van der Waals surface area contributed by atoms with Gasteiger partial charge in [0, 0.05) is 6.20 Å². The van der Waals surface area contributed by atoms with E-state index in [1.165, 1.54) is 11.1 Å². The van der Waals surface area contributed by atoms with Gasteiger partial charge in [-0.05, 0) is 36.8 Å². The van der Waals surface area contributed by atoms with Crippen molar-refractivity contribution < 1.29 is 0 Å². The summed E-state index contributed by atoms with van der Waals surface area (Å²) in [6.45, 7) is 1.93. The Labute approximate surface area is 113 Å². The van der Waals surface area contributed by atoms with E-state index in [0.29, 0.717) is 5.92 Å². The van der Waals surface area contributed by atoms with Gasteiger partial charge in [-0.1, -0.05) is 24.3 Å². The zero-order valence-electron chi connectivity index (χ0n) is 11.0. The van der Waals surface area contributed by atoms with Gasteiger partial charge in [-0.2, -0.15) is 0 Å². The van der Waals surface area contributed by atoms with Gasteiger partial charge < -0.3 is 0 Å². The number of hydrazine groups is 1. The molecule has 0 spiro atoms. The quantitative estimate of drug-likeness (QED) is 0.647. The van der Waals surface area contributed by atoms with Crippen LogP contribution in [0.5, 0.6) is 0 Å². The fourth-order valence-corrected chi connectivity index (χ4v) is 2.71. The normalized spacial score (nSPS) is 18.5. The average molecular weight is 254 g/mol. The lowest BCUT2D eigenvalue weighted by Crippen LogP contribution is -2.32. The van der Waals surface area contributed by atoms with Gasteiger partial charge in [0.1, 0.15) is 0 Å². The highest BCUT2D eigenvalue weighted by molar-refractivity contribution is 5.40. The van der Waals surface area contributed by atoms with E-state index in [0.717, 1.165) is 24.2 Å². The van der Waals surface area contributed by atoms with E-state index in [-0.39, 0.29) is 6.04 Å². The number of nitrogens with two attached hydrogens (primary N) is 1. The maximum Gasteiger partial charge on any atom is 0.0770 e. The molecule has 0 fully saturated rings. The van der Waals surface area contributed by atoms with Crippen molar-refractivity contribution in [2.45, 2.75) is 31.7 Å². The number of benzene rings is 1. The Morgan fingerprint density at radius 3 is 2.84 bits per heavy atom. The molecule has 1 aliphatic carbocycles. The molecular weight excluding hydrogens is 236 g/mol. The largest absolute Gasteiger partial charge is 0.271 e. The van der Waals surface area contributed by atoms with Crippen molar-refractivity contribution in [3.63, 3.8) is 0 Å². The molecule has 4 heteroatoms. The summed E-state index contributed by atoms with van der Waals surface area (Å²) < 4.78 is 0. The van der Waals surface area contributed by atoms with Gasteiger partial charge in [-0.25, -0.2) is 0 Å². The topological polar surface area (TPSA) is 63.8 Å². The molecule has 0 bridgehead atoms. The molecule has 0 aliphatic heterocycles. The molecule has 1 aromatic heterocycles. The first-order valence-electron chi connectivity index (χ1n) is 6.60. The number of hydrogen-bond acceptors (Lipinski definition) is 4. The van der Waals surface area contributed by atoms with Crippen molar-refractivity contribution in [2.24, 2.45) is 5.84 Å². The Bertz CT molecular complexity index is 565. The van der Waals surface area contributed by atoms with Crippen LogP contribution in [0.15, 0.2) is 36.7 Å². The Morgan fingerprint density at radius 2 is 2.16 bits per heavy atom. The highest BCUT2D eigenvalue weighted by atomic mass is 15.2. The van der Waals surface area contributed by atoms with Gasteiger partial charge in [-0.3, -0.25) is 21.2 Å². The van der Waals surface area contributed by atoms with E-state index >= 15 is 0 Å². The minimum atomic E-state index is 0.0615. The van der Waals surface area contributed by atoms with E-state index in [2.05, 4.69) is 39.7 Å². The van der Waals surface area contributed by atoms with E-state index in [4.69, 9.17) is 5.84 Å². The van der Waals surface area contributed by atoms with E-state index < -0.39 is 0 Å². The molecule has 0 radical (unpaired) electrons. The standard InChI is InChI=1S/C15H18N4/c1-10-8-18-15(9-17-10)14(19-16)7-12-6-11-4-2-3-5-13(11)12/h2-5,8-9,12,14,19H,6-7,16H2,1H3. The first-order valence-corrected chi connectivity index (χ1v) is 6.60. The van der Waals surface area contributed by atoms with Crippen molar-refractivity contribution in [1.29, 1.82) is 0 Å². The minimum Gasteiger partial charge on any atom is -0.271 e. The summed E-state index contributed by atoms with van der Waals surface area (Å²) in [4.78, 5) is 8.70. The second kappa shape index (κ2) is 5.07. The van der Waals surface area contributed by atoms with Crippen LogP contribution in [0.4, 0.5) is 0 Å². The number of fused-ring (bicyclic) bond motifs is 1. The summed E-state index contributed by atoms with van der Waals surface area (Å²) in [6.07, 6.45) is 5.69. The third-order valence-corrected chi connectivity index (χ3v) is 3.84. The van der Waals surface area contributed by atoms with E-state index in [9.17, 15) is 0 Å². The van der Waals surface area contributed by atoms with E-state index in [1.807, 2.05) is 13.1 Å². The van der Waals surface area contributed by atoms with Gasteiger partial charge in [0.25, 0.3) is 0 Å². The first kappa shape index (κ1) is 12.3. The van der Waals surface area contributed by atoms with Gasteiger partial charge >= 0.3 is 0 Å². The molecule has 98 valence electrons. The molecule has 3 N–H and O–H groups in total. The molecule has 2 aromatic rings. The molecule has 2 atom stereocenters. The van der Waals surface area contributed by atoms with Crippen LogP contribution in [-0.4, -0.2) is 9.97 Å². The first-order chi connectivity index (χ1) is 9.28. The molecule has 1 aromatic carbocycles.